The molecule has 0 aliphatic rings. The van der Waals surface area contributed by atoms with Crippen molar-refractivity contribution in [3.05, 3.63) is 43.9 Å². The molecule has 0 radical (unpaired) electrons. The summed E-state index contributed by atoms with van der Waals surface area (Å²) in [5.41, 5.74) is 0.994. The Morgan fingerprint density at radius 2 is 2.19 bits per heavy atom. The zero-order valence-corrected chi connectivity index (χ0v) is 11.2. The third-order valence-corrected chi connectivity index (χ3v) is 3.04. The first-order valence-electron chi connectivity index (χ1n) is 4.77. The van der Waals surface area contributed by atoms with Crippen LogP contribution in [0.2, 0.25) is 0 Å². The largest absolute Gasteiger partial charge is 0.291 e. The summed E-state index contributed by atoms with van der Waals surface area (Å²) in [6.45, 7) is 2.34. The van der Waals surface area contributed by atoms with Crippen molar-refractivity contribution in [1.29, 1.82) is 0 Å². The summed E-state index contributed by atoms with van der Waals surface area (Å²) >= 11 is 2.00. The summed E-state index contributed by atoms with van der Waals surface area (Å²) in [7, 11) is 1.85. The fraction of sp³-hybridized carbons (Fsp3) is 0.300. The van der Waals surface area contributed by atoms with E-state index in [0.29, 0.717) is 15.9 Å². The molecular formula is C10H11IN4O. The SMILES string of the molecule is Cc1ncc(I)c(=O)n1Cc1cnn(C)c1. The second kappa shape index (κ2) is 4.36. The van der Waals surface area contributed by atoms with Crippen LogP contribution in [-0.4, -0.2) is 19.3 Å². The van der Waals surface area contributed by atoms with Crippen LogP contribution in [0.3, 0.4) is 0 Å². The van der Waals surface area contributed by atoms with Crippen LogP contribution in [-0.2, 0) is 13.6 Å². The number of rotatable bonds is 2. The van der Waals surface area contributed by atoms with Gasteiger partial charge in [-0.2, -0.15) is 5.10 Å². The van der Waals surface area contributed by atoms with E-state index in [1.807, 2.05) is 42.8 Å². The Morgan fingerprint density at radius 3 is 2.81 bits per heavy atom. The second-order valence-corrected chi connectivity index (χ2v) is 4.73. The Labute approximate surface area is 106 Å². The van der Waals surface area contributed by atoms with E-state index in [2.05, 4.69) is 10.1 Å². The van der Waals surface area contributed by atoms with Gasteiger partial charge in [-0.05, 0) is 29.5 Å². The average molecular weight is 330 g/mol. The quantitative estimate of drug-likeness (QED) is 0.770. The molecule has 0 spiro atoms. The van der Waals surface area contributed by atoms with E-state index < -0.39 is 0 Å². The van der Waals surface area contributed by atoms with E-state index in [9.17, 15) is 4.79 Å². The smallest absolute Gasteiger partial charge is 0.267 e. The fourth-order valence-electron chi connectivity index (χ4n) is 1.47. The molecule has 0 saturated carbocycles. The molecule has 0 bridgehead atoms. The first kappa shape index (κ1) is 11.3. The zero-order chi connectivity index (χ0) is 11.7. The van der Waals surface area contributed by atoms with E-state index >= 15 is 0 Å². The fourth-order valence-corrected chi connectivity index (χ4v) is 1.90. The molecule has 2 aromatic rings. The van der Waals surface area contributed by atoms with E-state index in [1.54, 1.807) is 21.6 Å². The van der Waals surface area contributed by atoms with Crippen LogP contribution in [0.25, 0.3) is 0 Å². The molecule has 2 aromatic heterocycles. The predicted molar refractivity (Wildman–Crippen MR) is 68.3 cm³/mol. The number of hydrogen-bond acceptors (Lipinski definition) is 3. The monoisotopic (exact) mass is 330 g/mol. The van der Waals surface area contributed by atoms with E-state index in [-0.39, 0.29) is 5.56 Å². The highest BCUT2D eigenvalue weighted by atomic mass is 127. The lowest BCUT2D eigenvalue weighted by molar-refractivity contribution is 0.693. The van der Waals surface area contributed by atoms with Gasteiger partial charge in [0, 0.05) is 25.0 Å². The molecule has 2 rings (SSSR count). The van der Waals surface area contributed by atoms with E-state index in [0.717, 1.165) is 5.56 Å². The minimum absolute atomic E-state index is 0.00282. The van der Waals surface area contributed by atoms with Gasteiger partial charge >= 0.3 is 0 Å². The molecule has 5 nitrogen and oxygen atoms in total. The topological polar surface area (TPSA) is 52.7 Å². The van der Waals surface area contributed by atoms with Crippen molar-refractivity contribution in [3.8, 4) is 0 Å². The molecule has 0 fully saturated rings. The lowest BCUT2D eigenvalue weighted by Gasteiger charge is -2.07. The summed E-state index contributed by atoms with van der Waals surface area (Å²) in [5.74, 6) is 0.717. The first-order chi connectivity index (χ1) is 7.58. The van der Waals surface area contributed by atoms with Gasteiger partial charge in [0.25, 0.3) is 5.56 Å². The average Bonchev–Trinajstić information content (AvgIpc) is 2.65. The highest BCUT2D eigenvalue weighted by Crippen LogP contribution is 2.02. The standard InChI is InChI=1S/C10H11IN4O/c1-7-12-4-9(11)10(16)15(7)6-8-3-13-14(2)5-8/h3-5H,6H2,1-2H3. The number of aryl methyl sites for hydroxylation is 2. The molecule has 84 valence electrons. The van der Waals surface area contributed by atoms with Gasteiger partial charge in [-0.3, -0.25) is 14.0 Å². The molecule has 0 aromatic carbocycles. The van der Waals surface area contributed by atoms with Crippen LogP contribution in [0.5, 0.6) is 0 Å². The maximum Gasteiger partial charge on any atom is 0.267 e. The van der Waals surface area contributed by atoms with Gasteiger partial charge in [-0.25, -0.2) is 4.98 Å². The third kappa shape index (κ3) is 2.16. The molecule has 0 unspecified atom stereocenters. The Kier molecular flexibility index (Phi) is 3.08. The summed E-state index contributed by atoms with van der Waals surface area (Å²) in [5, 5.41) is 4.07. The molecule has 0 amide bonds. The van der Waals surface area contributed by atoms with Crippen molar-refractivity contribution >= 4 is 22.6 Å². The number of hydrogen-bond donors (Lipinski definition) is 0. The van der Waals surface area contributed by atoms with Crippen LogP contribution in [0, 0.1) is 10.5 Å². The van der Waals surface area contributed by atoms with Crippen molar-refractivity contribution < 1.29 is 0 Å². The van der Waals surface area contributed by atoms with Crippen molar-refractivity contribution in [2.75, 3.05) is 0 Å². The van der Waals surface area contributed by atoms with Crippen molar-refractivity contribution in [3.63, 3.8) is 0 Å². The van der Waals surface area contributed by atoms with Gasteiger partial charge in [0.1, 0.15) is 5.82 Å². The van der Waals surface area contributed by atoms with Crippen LogP contribution in [0.15, 0.2) is 23.4 Å². The van der Waals surface area contributed by atoms with Crippen LogP contribution < -0.4 is 5.56 Å². The Hall–Kier alpha value is -1.18. The van der Waals surface area contributed by atoms with Gasteiger partial charge in [0.05, 0.1) is 16.3 Å². The van der Waals surface area contributed by atoms with E-state index in [1.165, 1.54) is 0 Å². The molecule has 0 saturated heterocycles. The number of nitrogens with zero attached hydrogens (tertiary/aromatic N) is 4. The van der Waals surface area contributed by atoms with Gasteiger partial charge in [0.15, 0.2) is 0 Å². The Morgan fingerprint density at radius 1 is 1.44 bits per heavy atom. The minimum atomic E-state index is -0.00282. The second-order valence-electron chi connectivity index (χ2n) is 3.57. The molecule has 0 aliphatic heterocycles. The summed E-state index contributed by atoms with van der Waals surface area (Å²) in [6, 6.07) is 0. The Bertz CT molecular complexity index is 572. The molecule has 0 N–H and O–H groups in total. The number of halogens is 1. The van der Waals surface area contributed by atoms with Crippen LogP contribution in [0.4, 0.5) is 0 Å². The minimum Gasteiger partial charge on any atom is -0.291 e. The van der Waals surface area contributed by atoms with Crippen molar-refractivity contribution in [2.24, 2.45) is 7.05 Å². The molecule has 2 heterocycles. The van der Waals surface area contributed by atoms with E-state index in [4.69, 9.17) is 0 Å². The van der Waals surface area contributed by atoms with Crippen LogP contribution >= 0.6 is 22.6 Å². The first-order valence-corrected chi connectivity index (χ1v) is 5.85. The molecule has 6 heteroatoms. The van der Waals surface area contributed by atoms with Gasteiger partial charge in [0.2, 0.25) is 0 Å². The summed E-state index contributed by atoms with van der Waals surface area (Å²) in [6.07, 6.45) is 5.25. The predicted octanol–water partition coefficient (Wildman–Crippen LogP) is 0.938. The molecule has 0 aliphatic carbocycles. The highest BCUT2D eigenvalue weighted by Gasteiger charge is 2.06. The van der Waals surface area contributed by atoms with Crippen molar-refractivity contribution in [2.45, 2.75) is 13.5 Å². The summed E-state index contributed by atoms with van der Waals surface area (Å²) in [4.78, 5) is 16.1. The zero-order valence-electron chi connectivity index (χ0n) is 9.01. The Balaban J connectivity index is 2.42. The summed E-state index contributed by atoms with van der Waals surface area (Å²) < 4.78 is 4.00. The third-order valence-electron chi connectivity index (χ3n) is 2.30. The molecule has 0 atom stereocenters. The molecular weight excluding hydrogens is 319 g/mol. The maximum atomic E-state index is 11.9. The maximum absolute atomic E-state index is 11.9. The van der Waals surface area contributed by atoms with Gasteiger partial charge < -0.3 is 0 Å². The lowest BCUT2D eigenvalue weighted by Crippen LogP contribution is -2.25. The normalized spacial score (nSPS) is 10.7. The van der Waals surface area contributed by atoms with Gasteiger partial charge in [-0.1, -0.05) is 0 Å². The number of aromatic nitrogens is 4. The van der Waals surface area contributed by atoms with Crippen molar-refractivity contribution in [1.82, 2.24) is 19.3 Å². The van der Waals surface area contributed by atoms with Gasteiger partial charge in [-0.15, -0.1) is 0 Å². The molecule has 16 heavy (non-hydrogen) atoms. The highest BCUT2D eigenvalue weighted by molar-refractivity contribution is 14.1. The lowest BCUT2D eigenvalue weighted by atomic mass is 10.3. The van der Waals surface area contributed by atoms with Crippen LogP contribution in [0.1, 0.15) is 11.4 Å².